The highest BCUT2D eigenvalue weighted by Crippen LogP contribution is 2.22. The first-order valence-electron chi connectivity index (χ1n) is 12.4. The van der Waals surface area contributed by atoms with Crippen LogP contribution in [0.15, 0.2) is 84.4 Å². The Morgan fingerprint density at radius 3 is 2.39 bits per heavy atom. The second kappa shape index (κ2) is 13.5. The molecule has 0 fully saturated rings. The Hall–Kier alpha value is -4.01. The second-order valence-corrected chi connectivity index (χ2v) is 9.84. The molecule has 3 aromatic carbocycles. The van der Waals surface area contributed by atoms with E-state index in [1.165, 1.54) is 11.3 Å². The van der Waals surface area contributed by atoms with Crippen LogP contribution in [0, 0.1) is 0 Å². The molecule has 0 aliphatic carbocycles. The standard InChI is InChI=1S/C30H31N3O4S/c1-21(20-36-2)37-27-17-24(16-25(19-27)29(35)33-30-31-14-15-38-30)9-8-22-10-12-26(13-11-22)32-28(34)18-23-6-4-3-5-7-23/h3-7,10-17,19,21H,8-9,18,20H2,1-2H3,(H,32,34)(H,31,33,35)/t21-/m0/s1. The fraction of sp³-hybridized carbons (Fsp3) is 0.233. The van der Waals surface area contributed by atoms with Gasteiger partial charge in [-0.2, -0.15) is 0 Å². The third-order valence-corrected chi connectivity index (χ3v) is 6.46. The molecule has 0 radical (unpaired) electrons. The van der Waals surface area contributed by atoms with Crippen molar-refractivity contribution < 1.29 is 19.1 Å². The van der Waals surface area contributed by atoms with E-state index in [1.807, 2.05) is 79.0 Å². The highest BCUT2D eigenvalue weighted by molar-refractivity contribution is 7.13. The molecule has 1 aromatic heterocycles. The van der Waals surface area contributed by atoms with E-state index in [2.05, 4.69) is 15.6 Å². The summed E-state index contributed by atoms with van der Waals surface area (Å²) in [6.07, 6.45) is 3.31. The van der Waals surface area contributed by atoms with Crippen molar-refractivity contribution in [3.63, 3.8) is 0 Å². The average Bonchev–Trinajstić information content (AvgIpc) is 3.42. The molecule has 0 unspecified atom stereocenters. The number of nitrogens with zero attached hydrogens (tertiary/aromatic N) is 1. The van der Waals surface area contributed by atoms with Gasteiger partial charge in [0.2, 0.25) is 5.91 Å². The highest BCUT2D eigenvalue weighted by Gasteiger charge is 2.13. The summed E-state index contributed by atoms with van der Waals surface area (Å²) >= 11 is 1.37. The molecule has 0 saturated heterocycles. The van der Waals surface area contributed by atoms with Crippen molar-refractivity contribution in [1.29, 1.82) is 0 Å². The summed E-state index contributed by atoms with van der Waals surface area (Å²) in [6, 6.07) is 23.1. The summed E-state index contributed by atoms with van der Waals surface area (Å²) in [5, 5.41) is 8.15. The number of hydrogen-bond donors (Lipinski definition) is 2. The van der Waals surface area contributed by atoms with E-state index >= 15 is 0 Å². The van der Waals surface area contributed by atoms with Gasteiger partial charge < -0.3 is 14.8 Å². The predicted molar refractivity (Wildman–Crippen MR) is 151 cm³/mol. The van der Waals surface area contributed by atoms with E-state index in [4.69, 9.17) is 9.47 Å². The van der Waals surface area contributed by atoms with Crippen LogP contribution in [-0.4, -0.2) is 36.6 Å². The molecular weight excluding hydrogens is 498 g/mol. The third kappa shape index (κ3) is 8.26. The summed E-state index contributed by atoms with van der Waals surface area (Å²) in [5.41, 5.74) is 4.35. The molecule has 7 nitrogen and oxygen atoms in total. The van der Waals surface area contributed by atoms with Crippen molar-refractivity contribution in [2.45, 2.75) is 32.3 Å². The fourth-order valence-electron chi connectivity index (χ4n) is 3.99. The van der Waals surface area contributed by atoms with Gasteiger partial charge in [0.05, 0.1) is 13.0 Å². The van der Waals surface area contributed by atoms with Crippen LogP contribution >= 0.6 is 11.3 Å². The minimum Gasteiger partial charge on any atom is -0.488 e. The molecule has 0 saturated carbocycles. The van der Waals surface area contributed by atoms with Crippen molar-refractivity contribution in [3.05, 3.63) is 107 Å². The van der Waals surface area contributed by atoms with Crippen molar-refractivity contribution in [2.24, 2.45) is 0 Å². The summed E-state index contributed by atoms with van der Waals surface area (Å²) in [5.74, 6) is 0.335. The number of carbonyl (C=O) groups is 2. The molecular formula is C30H31N3O4S. The fourth-order valence-corrected chi connectivity index (χ4v) is 4.51. The van der Waals surface area contributed by atoms with Crippen molar-refractivity contribution >= 4 is 34.0 Å². The topological polar surface area (TPSA) is 89.5 Å². The van der Waals surface area contributed by atoms with E-state index in [1.54, 1.807) is 19.4 Å². The van der Waals surface area contributed by atoms with Gasteiger partial charge in [-0.05, 0) is 66.8 Å². The number of amides is 2. The lowest BCUT2D eigenvalue weighted by molar-refractivity contribution is -0.115. The first-order valence-corrected chi connectivity index (χ1v) is 13.3. The predicted octanol–water partition coefficient (Wildman–Crippen LogP) is 5.78. The molecule has 38 heavy (non-hydrogen) atoms. The first-order chi connectivity index (χ1) is 18.5. The van der Waals surface area contributed by atoms with Gasteiger partial charge in [0, 0.05) is 29.9 Å². The zero-order valence-corrected chi connectivity index (χ0v) is 22.3. The maximum absolute atomic E-state index is 12.9. The normalized spacial score (nSPS) is 11.5. The number of nitrogens with one attached hydrogen (secondary N) is 2. The lowest BCUT2D eigenvalue weighted by Gasteiger charge is -2.16. The van der Waals surface area contributed by atoms with Gasteiger partial charge in [-0.1, -0.05) is 42.5 Å². The second-order valence-electron chi connectivity index (χ2n) is 8.95. The van der Waals surface area contributed by atoms with Crippen LogP contribution in [0.1, 0.15) is 34.0 Å². The molecule has 0 aliphatic heterocycles. The molecule has 1 heterocycles. The van der Waals surface area contributed by atoms with E-state index in [9.17, 15) is 9.59 Å². The number of ether oxygens (including phenoxy) is 2. The Morgan fingerprint density at radius 1 is 0.921 bits per heavy atom. The van der Waals surface area contributed by atoms with Crippen molar-refractivity contribution in [3.8, 4) is 5.75 Å². The largest absolute Gasteiger partial charge is 0.488 e. The zero-order valence-electron chi connectivity index (χ0n) is 21.5. The average molecular weight is 530 g/mol. The summed E-state index contributed by atoms with van der Waals surface area (Å²) in [7, 11) is 1.63. The summed E-state index contributed by atoms with van der Waals surface area (Å²) < 4.78 is 11.2. The number of carbonyl (C=O) groups excluding carboxylic acids is 2. The number of aryl methyl sites for hydroxylation is 2. The lowest BCUT2D eigenvalue weighted by Crippen LogP contribution is -2.19. The molecule has 0 spiro atoms. The maximum Gasteiger partial charge on any atom is 0.257 e. The number of hydrogen-bond acceptors (Lipinski definition) is 6. The van der Waals surface area contributed by atoms with E-state index < -0.39 is 0 Å². The van der Waals surface area contributed by atoms with Crippen molar-refractivity contribution in [1.82, 2.24) is 4.98 Å². The maximum atomic E-state index is 12.9. The number of thiazole rings is 1. The van der Waals surface area contributed by atoms with Crippen LogP contribution in [0.3, 0.4) is 0 Å². The van der Waals surface area contributed by atoms with Gasteiger partial charge >= 0.3 is 0 Å². The van der Waals surface area contributed by atoms with E-state index in [0.29, 0.717) is 35.9 Å². The smallest absolute Gasteiger partial charge is 0.257 e. The summed E-state index contributed by atoms with van der Waals surface area (Å²) in [6.45, 7) is 2.37. The van der Waals surface area contributed by atoms with E-state index in [0.717, 1.165) is 28.8 Å². The molecule has 4 aromatic rings. The van der Waals surface area contributed by atoms with Crippen LogP contribution in [0.25, 0.3) is 0 Å². The van der Waals surface area contributed by atoms with Gasteiger partial charge in [0.15, 0.2) is 5.13 Å². The SMILES string of the molecule is COC[C@H](C)Oc1cc(CCc2ccc(NC(=O)Cc3ccccc3)cc2)cc(C(=O)Nc2nccs2)c1. The number of benzene rings is 3. The third-order valence-electron chi connectivity index (χ3n) is 5.77. The van der Waals surface area contributed by atoms with Crippen molar-refractivity contribution in [2.75, 3.05) is 24.4 Å². The minimum absolute atomic E-state index is 0.0491. The van der Waals surface area contributed by atoms with Gasteiger partial charge in [-0.3, -0.25) is 14.9 Å². The Kier molecular flexibility index (Phi) is 9.61. The summed E-state index contributed by atoms with van der Waals surface area (Å²) in [4.78, 5) is 29.4. The van der Waals surface area contributed by atoms with Crippen LogP contribution < -0.4 is 15.4 Å². The van der Waals surface area contributed by atoms with Gasteiger partial charge in [-0.15, -0.1) is 11.3 Å². The molecule has 2 N–H and O–H groups in total. The molecule has 1 atom stereocenters. The van der Waals surface area contributed by atoms with Gasteiger partial charge in [0.25, 0.3) is 5.91 Å². The molecule has 0 aliphatic rings. The van der Waals surface area contributed by atoms with Gasteiger partial charge in [-0.25, -0.2) is 4.98 Å². The number of aromatic nitrogens is 1. The molecule has 4 rings (SSSR count). The Bertz CT molecular complexity index is 1330. The van der Waals surface area contributed by atoms with Gasteiger partial charge in [0.1, 0.15) is 11.9 Å². The Labute approximate surface area is 226 Å². The van der Waals surface area contributed by atoms with E-state index in [-0.39, 0.29) is 17.9 Å². The minimum atomic E-state index is -0.235. The number of methoxy groups -OCH3 is 1. The monoisotopic (exact) mass is 529 g/mol. The van der Waals surface area contributed by atoms with Crippen LogP contribution in [-0.2, 0) is 28.8 Å². The molecule has 0 bridgehead atoms. The van der Waals surface area contributed by atoms with Crippen LogP contribution in [0.5, 0.6) is 5.75 Å². The quantitative estimate of drug-likeness (QED) is 0.243. The Morgan fingerprint density at radius 2 is 1.68 bits per heavy atom. The molecule has 196 valence electrons. The lowest BCUT2D eigenvalue weighted by atomic mass is 10.0. The number of rotatable bonds is 12. The van der Waals surface area contributed by atoms with Crippen LogP contribution in [0.4, 0.5) is 10.8 Å². The molecule has 8 heteroatoms. The zero-order chi connectivity index (χ0) is 26.7. The first kappa shape index (κ1) is 27.0. The molecule has 2 amide bonds. The van der Waals surface area contributed by atoms with Crippen LogP contribution in [0.2, 0.25) is 0 Å². The highest BCUT2D eigenvalue weighted by atomic mass is 32.1. The number of anilines is 2. The Balaban J connectivity index is 1.40.